The average Bonchev–Trinajstić information content (AvgIpc) is 2.20. The van der Waals surface area contributed by atoms with Crippen molar-refractivity contribution in [1.29, 1.82) is 0 Å². The Balaban J connectivity index is 2.82. The fraction of sp³-hybridized carbons (Fsp3) is 0.455. The summed E-state index contributed by atoms with van der Waals surface area (Å²) in [5, 5.41) is 11.6. The lowest BCUT2D eigenvalue weighted by Crippen LogP contribution is -2.26. The summed E-state index contributed by atoms with van der Waals surface area (Å²) in [6.07, 6.45) is 1.60. The molecule has 1 aromatic heterocycles. The van der Waals surface area contributed by atoms with Crippen LogP contribution in [0.5, 0.6) is 5.88 Å². The number of carbonyl (C=O) groups is 1. The zero-order chi connectivity index (χ0) is 12.1. The highest BCUT2D eigenvalue weighted by Gasteiger charge is 2.14. The molecule has 0 radical (unpaired) electrons. The highest BCUT2D eigenvalue weighted by Crippen LogP contribution is 2.22. The Kier molecular flexibility index (Phi) is 4.10. The predicted octanol–water partition coefficient (Wildman–Crippen LogP) is 1.75. The van der Waals surface area contributed by atoms with Crippen LogP contribution in [0.15, 0.2) is 18.3 Å². The summed E-state index contributed by atoms with van der Waals surface area (Å²) in [5.41, 5.74) is 0.589. The van der Waals surface area contributed by atoms with Gasteiger partial charge in [-0.15, -0.1) is 0 Å². The number of nitrogens with zero attached hydrogens (tertiary/aromatic N) is 1. The molecule has 0 aliphatic heterocycles. The van der Waals surface area contributed by atoms with Crippen molar-refractivity contribution in [3.05, 3.63) is 18.3 Å². The molecule has 0 amide bonds. The van der Waals surface area contributed by atoms with Gasteiger partial charge in [-0.05, 0) is 32.9 Å². The molecule has 0 aliphatic carbocycles. The molecular weight excluding hydrogens is 208 g/mol. The van der Waals surface area contributed by atoms with Crippen molar-refractivity contribution in [2.45, 2.75) is 32.9 Å². The van der Waals surface area contributed by atoms with E-state index >= 15 is 0 Å². The van der Waals surface area contributed by atoms with Crippen molar-refractivity contribution in [3.8, 4) is 5.88 Å². The van der Waals surface area contributed by atoms with Crippen molar-refractivity contribution in [1.82, 2.24) is 4.98 Å². The number of hydrogen-bond acceptors (Lipinski definition) is 4. The predicted molar refractivity (Wildman–Crippen MR) is 60.7 cm³/mol. The van der Waals surface area contributed by atoms with Crippen molar-refractivity contribution >= 4 is 11.7 Å². The second-order valence-electron chi connectivity index (χ2n) is 3.73. The van der Waals surface area contributed by atoms with E-state index in [0.29, 0.717) is 11.6 Å². The summed E-state index contributed by atoms with van der Waals surface area (Å²) in [6, 6.07) is 2.78. The molecule has 1 atom stereocenters. The third kappa shape index (κ3) is 3.42. The number of aliphatic carboxylic acids is 1. The molecule has 1 unspecified atom stereocenters. The molecule has 16 heavy (non-hydrogen) atoms. The second-order valence-corrected chi connectivity index (χ2v) is 3.73. The van der Waals surface area contributed by atoms with Crippen molar-refractivity contribution in [2.24, 2.45) is 0 Å². The Bertz CT molecular complexity index is 366. The Hall–Kier alpha value is -1.78. The second kappa shape index (κ2) is 5.34. The van der Waals surface area contributed by atoms with Crippen LogP contribution in [-0.2, 0) is 4.79 Å². The number of anilines is 1. The normalized spacial score (nSPS) is 12.2. The summed E-state index contributed by atoms with van der Waals surface area (Å²) >= 11 is 0. The molecule has 1 aromatic rings. The van der Waals surface area contributed by atoms with Gasteiger partial charge in [0.25, 0.3) is 0 Å². The topological polar surface area (TPSA) is 71.5 Å². The zero-order valence-electron chi connectivity index (χ0n) is 9.60. The van der Waals surface area contributed by atoms with Gasteiger partial charge in [-0.2, -0.15) is 0 Å². The van der Waals surface area contributed by atoms with Crippen molar-refractivity contribution < 1.29 is 14.6 Å². The standard InChI is InChI=1S/C11H16N2O3/c1-7(2)16-10-9(5-4-6-12-10)13-8(3)11(14)15/h4-8,13H,1-3H3,(H,14,15). The minimum absolute atomic E-state index is 0.00409. The summed E-state index contributed by atoms with van der Waals surface area (Å²) < 4.78 is 5.46. The van der Waals surface area contributed by atoms with Gasteiger partial charge in [0.2, 0.25) is 5.88 Å². The van der Waals surface area contributed by atoms with Crippen LogP contribution in [0.1, 0.15) is 20.8 Å². The van der Waals surface area contributed by atoms with Gasteiger partial charge >= 0.3 is 5.97 Å². The number of rotatable bonds is 5. The van der Waals surface area contributed by atoms with Crippen LogP contribution in [-0.4, -0.2) is 28.2 Å². The third-order valence-corrected chi connectivity index (χ3v) is 1.86. The van der Waals surface area contributed by atoms with Crippen LogP contribution in [0, 0.1) is 0 Å². The van der Waals surface area contributed by atoms with Gasteiger partial charge < -0.3 is 15.2 Å². The molecule has 0 bridgehead atoms. The maximum atomic E-state index is 10.7. The van der Waals surface area contributed by atoms with E-state index in [-0.39, 0.29) is 6.10 Å². The number of hydrogen-bond donors (Lipinski definition) is 2. The van der Waals surface area contributed by atoms with E-state index in [4.69, 9.17) is 9.84 Å². The van der Waals surface area contributed by atoms with Gasteiger partial charge in [0.15, 0.2) is 0 Å². The lowest BCUT2D eigenvalue weighted by atomic mass is 10.3. The maximum absolute atomic E-state index is 10.7. The number of ether oxygens (including phenoxy) is 1. The van der Waals surface area contributed by atoms with Gasteiger partial charge in [-0.1, -0.05) is 0 Å². The summed E-state index contributed by atoms with van der Waals surface area (Å²) in [4.78, 5) is 14.8. The molecular formula is C11H16N2O3. The lowest BCUT2D eigenvalue weighted by Gasteiger charge is -2.16. The van der Waals surface area contributed by atoms with E-state index in [1.54, 1.807) is 25.3 Å². The summed E-state index contributed by atoms with van der Waals surface area (Å²) in [7, 11) is 0. The third-order valence-electron chi connectivity index (χ3n) is 1.86. The van der Waals surface area contributed by atoms with Crippen LogP contribution in [0.25, 0.3) is 0 Å². The molecule has 1 heterocycles. The molecule has 5 nitrogen and oxygen atoms in total. The Morgan fingerprint density at radius 1 is 1.50 bits per heavy atom. The molecule has 0 aliphatic rings. The van der Waals surface area contributed by atoms with E-state index in [9.17, 15) is 4.79 Å². The van der Waals surface area contributed by atoms with Crippen LogP contribution in [0.2, 0.25) is 0 Å². The van der Waals surface area contributed by atoms with Crippen molar-refractivity contribution in [3.63, 3.8) is 0 Å². The van der Waals surface area contributed by atoms with E-state index in [1.807, 2.05) is 13.8 Å². The minimum Gasteiger partial charge on any atom is -0.480 e. The van der Waals surface area contributed by atoms with E-state index < -0.39 is 12.0 Å². The molecule has 0 spiro atoms. The van der Waals surface area contributed by atoms with Gasteiger partial charge in [0.05, 0.1) is 11.8 Å². The number of nitrogens with one attached hydrogen (secondary N) is 1. The van der Waals surface area contributed by atoms with Crippen LogP contribution < -0.4 is 10.1 Å². The largest absolute Gasteiger partial charge is 0.480 e. The first-order valence-electron chi connectivity index (χ1n) is 5.11. The fourth-order valence-corrected chi connectivity index (χ4v) is 1.11. The summed E-state index contributed by atoms with van der Waals surface area (Å²) in [6.45, 7) is 5.34. The van der Waals surface area contributed by atoms with Gasteiger partial charge in [0.1, 0.15) is 6.04 Å². The first-order chi connectivity index (χ1) is 7.50. The van der Waals surface area contributed by atoms with Crippen LogP contribution in [0.4, 0.5) is 5.69 Å². The minimum atomic E-state index is -0.917. The smallest absolute Gasteiger partial charge is 0.325 e. The quantitative estimate of drug-likeness (QED) is 0.797. The van der Waals surface area contributed by atoms with Crippen LogP contribution in [0.3, 0.4) is 0 Å². The highest BCUT2D eigenvalue weighted by molar-refractivity contribution is 5.77. The highest BCUT2D eigenvalue weighted by atomic mass is 16.5. The monoisotopic (exact) mass is 224 g/mol. The molecule has 0 saturated carbocycles. The average molecular weight is 224 g/mol. The molecule has 2 N–H and O–H groups in total. The molecule has 1 rings (SSSR count). The first kappa shape index (κ1) is 12.3. The zero-order valence-corrected chi connectivity index (χ0v) is 9.60. The Morgan fingerprint density at radius 3 is 2.75 bits per heavy atom. The van der Waals surface area contributed by atoms with E-state index in [0.717, 1.165) is 0 Å². The number of carboxylic acids is 1. The SMILES string of the molecule is CC(C)Oc1ncccc1NC(C)C(=O)O. The lowest BCUT2D eigenvalue weighted by molar-refractivity contribution is -0.137. The van der Waals surface area contributed by atoms with Gasteiger partial charge in [-0.3, -0.25) is 4.79 Å². The molecule has 5 heteroatoms. The van der Waals surface area contributed by atoms with E-state index in [1.165, 1.54) is 0 Å². The molecule has 0 aromatic carbocycles. The first-order valence-corrected chi connectivity index (χ1v) is 5.11. The number of pyridine rings is 1. The number of carboxylic acid groups (broad SMARTS) is 1. The van der Waals surface area contributed by atoms with Crippen molar-refractivity contribution in [2.75, 3.05) is 5.32 Å². The Morgan fingerprint density at radius 2 is 2.19 bits per heavy atom. The number of aromatic nitrogens is 1. The molecule has 0 fully saturated rings. The van der Waals surface area contributed by atoms with Crippen LogP contribution >= 0.6 is 0 Å². The molecule has 0 saturated heterocycles. The van der Waals surface area contributed by atoms with Gasteiger partial charge in [0, 0.05) is 6.20 Å². The maximum Gasteiger partial charge on any atom is 0.325 e. The molecule has 88 valence electrons. The van der Waals surface area contributed by atoms with Gasteiger partial charge in [-0.25, -0.2) is 4.98 Å². The van der Waals surface area contributed by atoms with E-state index in [2.05, 4.69) is 10.3 Å². The summed E-state index contributed by atoms with van der Waals surface area (Å²) in [5.74, 6) is -0.495. The fourth-order valence-electron chi connectivity index (χ4n) is 1.11. The Labute approximate surface area is 94.5 Å².